The van der Waals surface area contributed by atoms with Gasteiger partial charge in [0.25, 0.3) is 0 Å². The zero-order valence-corrected chi connectivity index (χ0v) is 24.4. The van der Waals surface area contributed by atoms with Gasteiger partial charge in [-0.3, -0.25) is 9.80 Å². The van der Waals surface area contributed by atoms with Crippen molar-refractivity contribution < 1.29 is 13.9 Å². The van der Waals surface area contributed by atoms with Crippen molar-refractivity contribution in [2.75, 3.05) is 31.1 Å². The minimum atomic E-state index is -0.466. The van der Waals surface area contributed by atoms with Crippen LogP contribution >= 0.6 is 15.9 Å². The van der Waals surface area contributed by atoms with Crippen LogP contribution in [0.25, 0.3) is 11.0 Å². The number of hydrogen-bond donors (Lipinski definition) is 0. The molecule has 0 N–H and O–H groups in total. The molecule has 208 valence electrons. The van der Waals surface area contributed by atoms with Gasteiger partial charge in [-0.2, -0.15) is 0 Å². The highest BCUT2D eigenvalue weighted by Crippen LogP contribution is 2.39. The van der Waals surface area contributed by atoms with E-state index < -0.39 is 6.09 Å². The van der Waals surface area contributed by atoms with Crippen molar-refractivity contribution in [1.82, 2.24) is 9.80 Å². The molecule has 41 heavy (non-hydrogen) atoms. The molecule has 2 heterocycles. The third kappa shape index (κ3) is 6.64. The van der Waals surface area contributed by atoms with Gasteiger partial charge in [0.1, 0.15) is 10.1 Å². The summed E-state index contributed by atoms with van der Waals surface area (Å²) in [5.41, 5.74) is 5.20. The molecule has 1 aromatic heterocycles. The average molecular weight is 611 g/mol. The number of piperazine rings is 1. The number of halogens is 1. The predicted molar refractivity (Wildman–Crippen MR) is 166 cm³/mol. The van der Waals surface area contributed by atoms with E-state index in [0.29, 0.717) is 23.1 Å². The molecule has 0 bridgehead atoms. The van der Waals surface area contributed by atoms with Crippen LogP contribution in [-0.4, -0.2) is 42.1 Å². The number of anilines is 1. The molecule has 7 heteroatoms. The number of carbonyl (C=O) groups is 1. The summed E-state index contributed by atoms with van der Waals surface area (Å²) in [4.78, 5) is 20.0. The van der Waals surface area contributed by atoms with Crippen molar-refractivity contribution >= 4 is 38.7 Å². The summed E-state index contributed by atoms with van der Waals surface area (Å²) in [5.74, 6) is 0.168. The Kier molecular flexibility index (Phi) is 8.35. The van der Waals surface area contributed by atoms with Crippen LogP contribution in [0.1, 0.15) is 16.7 Å². The summed E-state index contributed by atoms with van der Waals surface area (Å²) in [5, 5.41) is 0.884. The molecule has 0 atom stereocenters. The first-order valence-electron chi connectivity index (χ1n) is 13.9. The molecule has 0 aliphatic carbocycles. The summed E-state index contributed by atoms with van der Waals surface area (Å²) in [6.07, 6.45) is -0.466. The lowest BCUT2D eigenvalue weighted by molar-refractivity contribution is 0.136. The number of nitrogens with zero attached hydrogens (tertiary/aromatic N) is 3. The Bertz CT molecular complexity index is 1540. The summed E-state index contributed by atoms with van der Waals surface area (Å²) in [6, 6.07) is 36.6. The predicted octanol–water partition coefficient (Wildman–Crippen LogP) is 7.72. The number of amides is 1. The maximum atomic E-state index is 13.4. The lowest BCUT2D eigenvalue weighted by Gasteiger charge is -2.36. The Morgan fingerprint density at radius 2 is 1.32 bits per heavy atom. The Balaban J connectivity index is 1.15. The normalized spacial score (nSPS) is 13.8. The number of fused-ring (bicyclic) bond motifs is 1. The highest BCUT2D eigenvalue weighted by Gasteiger charge is 2.24. The molecule has 1 aliphatic rings. The third-order valence-corrected chi connectivity index (χ3v) is 8.19. The third-order valence-electron chi connectivity index (χ3n) is 7.44. The van der Waals surface area contributed by atoms with E-state index in [2.05, 4.69) is 68.2 Å². The monoisotopic (exact) mass is 609 g/mol. The van der Waals surface area contributed by atoms with Gasteiger partial charge in [0.2, 0.25) is 0 Å². The number of ether oxygens (including phenoxy) is 1. The highest BCUT2D eigenvalue weighted by atomic mass is 79.9. The van der Waals surface area contributed by atoms with E-state index in [1.165, 1.54) is 5.56 Å². The fourth-order valence-electron chi connectivity index (χ4n) is 5.24. The molecule has 0 radical (unpaired) electrons. The Morgan fingerprint density at radius 1 is 0.756 bits per heavy atom. The summed E-state index contributed by atoms with van der Waals surface area (Å²) in [7, 11) is 0. The van der Waals surface area contributed by atoms with Crippen molar-refractivity contribution in [1.29, 1.82) is 0 Å². The molecular formula is C34H32BrN3O3. The molecule has 1 aliphatic heterocycles. The Morgan fingerprint density at radius 3 is 1.90 bits per heavy atom. The first-order chi connectivity index (χ1) is 20.1. The molecule has 1 saturated heterocycles. The van der Waals surface area contributed by atoms with Gasteiger partial charge >= 0.3 is 12.0 Å². The Hall–Kier alpha value is -4.07. The highest BCUT2D eigenvalue weighted by molar-refractivity contribution is 9.10. The topological polar surface area (TPSA) is 49.2 Å². The van der Waals surface area contributed by atoms with E-state index in [0.717, 1.165) is 54.9 Å². The van der Waals surface area contributed by atoms with Crippen LogP contribution in [0.5, 0.6) is 5.95 Å². The molecule has 6 rings (SSSR count). The summed E-state index contributed by atoms with van der Waals surface area (Å²) < 4.78 is 12.5. The second-order valence-corrected chi connectivity index (χ2v) is 11.1. The van der Waals surface area contributed by atoms with E-state index in [9.17, 15) is 4.79 Å². The van der Waals surface area contributed by atoms with Crippen LogP contribution in [-0.2, 0) is 19.6 Å². The largest absolute Gasteiger partial charge is 0.424 e. The van der Waals surface area contributed by atoms with Crippen LogP contribution in [0.2, 0.25) is 0 Å². The van der Waals surface area contributed by atoms with Crippen molar-refractivity contribution in [2.45, 2.75) is 19.6 Å². The van der Waals surface area contributed by atoms with Gasteiger partial charge in [-0.25, -0.2) is 4.79 Å². The fourth-order valence-corrected chi connectivity index (χ4v) is 5.71. The van der Waals surface area contributed by atoms with Gasteiger partial charge in [-0.05, 0) is 50.8 Å². The van der Waals surface area contributed by atoms with Gasteiger partial charge in [-0.15, -0.1) is 0 Å². The van der Waals surface area contributed by atoms with Gasteiger partial charge in [0, 0.05) is 56.9 Å². The summed E-state index contributed by atoms with van der Waals surface area (Å²) in [6.45, 7) is 5.72. The zero-order chi connectivity index (χ0) is 28.0. The molecule has 4 aromatic carbocycles. The summed E-state index contributed by atoms with van der Waals surface area (Å²) >= 11 is 3.65. The van der Waals surface area contributed by atoms with Crippen LogP contribution in [0.4, 0.5) is 10.5 Å². The van der Waals surface area contributed by atoms with E-state index in [1.54, 1.807) is 4.90 Å². The fraction of sp³-hybridized carbons (Fsp3) is 0.206. The maximum absolute atomic E-state index is 13.4. The van der Waals surface area contributed by atoms with Crippen molar-refractivity contribution in [2.24, 2.45) is 0 Å². The lowest BCUT2D eigenvalue weighted by Crippen LogP contribution is -2.45. The van der Waals surface area contributed by atoms with Gasteiger partial charge in [0.05, 0.1) is 0 Å². The zero-order valence-electron chi connectivity index (χ0n) is 22.8. The van der Waals surface area contributed by atoms with Gasteiger partial charge < -0.3 is 14.1 Å². The molecule has 0 unspecified atom stereocenters. The number of carbonyl (C=O) groups excluding carboxylic acids is 1. The maximum Gasteiger partial charge on any atom is 0.418 e. The number of benzene rings is 4. The van der Waals surface area contributed by atoms with E-state index in [-0.39, 0.29) is 5.95 Å². The molecule has 6 nitrogen and oxygen atoms in total. The van der Waals surface area contributed by atoms with Crippen LogP contribution < -0.4 is 9.64 Å². The second kappa shape index (κ2) is 12.6. The Labute approximate surface area is 248 Å². The number of rotatable bonds is 8. The molecular weight excluding hydrogens is 578 g/mol. The van der Waals surface area contributed by atoms with E-state index in [4.69, 9.17) is 9.15 Å². The SMILES string of the molecule is O=C(Oc1oc2ccc(N3CCN(Cc4ccccc4)CC3)cc2c1Br)N(Cc1ccccc1)Cc1ccccc1. The quantitative estimate of drug-likeness (QED) is 0.180. The van der Waals surface area contributed by atoms with Gasteiger partial charge in [-0.1, -0.05) is 91.0 Å². The molecule has 0 spiro atoms. The molecule has 1 fully saturated rings. The van der Waals surface area contributed by atoms with Crippen LogP contribution in [0.15, 0.2) is 118 Å². The van der Waals surface area contributed by atoms with E-state index in [1.807, 2.05) is 66.7 Å². The standard InChI is InChI=1S/C34H32BrN3O3/c35-32-30-22-29(37-20-18-36(19-21-37)23-26-10-4-1-5-11-26)16-17-31(30)40-33(32)41-34(39)38(24-27-12-6-2-7-13-27)25-28-14-8-3-9-15-28/h1-17,22H,18-21,23-25H2. The second-order valence-electron chi connectivity index (χ2n) is 10.3. The molecule has 1 amide bonds. The molecule has 0 saturated carbocycles. The first kappa shape index (κ1) is 27.1. The average Bonchev–Trinajstić information content (AvgIpc) is 3.32. The van der Waals surface area contributed by atoms with Crippen molar-refractivity contribution in [3.63, 3.8) is 0 Å². The van der Waals surface area contributed by atoms with Crippen LogP contribution in [0, 0.1) is 0 Å². The minimum absolute atomic E-state index is 0.168. The lowest BCUT2D eigenvalue weighted by atomic mass is 10.1. The van der Waals surface area contributed by atoms with Crippen molar-refractivity contribution in [3.8, 4) is 5.95 Å². The van der Waals surface area contributed by atoms with E-state index >= 15 is 0 Å². The minimum Gasteiger partial charge on any atom is -0.424 e. The molecule has 5 aromatic rings. The van der Waals surface area contributed by atoms with Gasteiger partial charge in [0.15, 0.2) is 0 Å². The number of hydrogen-bond acceptors (Lipinski definition) is 5. The first-order valence-corrected chi connectivity index (χ1v) is 14.7. The van der Waals surface area contributed by atoms with Crippen LogP contribution in [0.3, 0.4) is 0 Å². The smallest absolute Gasteiger partial charge is 0.418 e. The number of furan rings is 1. The van der Waals surface area contributed by atoms with Crippen molar-refractivity contribution in [3.05, 3.63) is 130 Å².